The summed E-state index contributed by atoms with van der Waals surface area (Å²) in [4.78, 5) is 24.5. The lowest BCUT2D eigenvalue weighted by Gasteiger charge is -2.14. The van der Waals surface area contributed by atoms with Gasteiger partial charge in [0, 0.05) is 16.7 Å². The second kappa shape index (κ2) is 10.6. The van der Waals surface area contributed by atoms with E-state index < -0.39 is 11.8 Å². The van der Waals surface area contributed by atoms with E-state index in [4.69, 9.17) is 14.2 Å². The molecule has 2 aromatic carbocycles. The van der Waals surface area contributed by atoms with Crippen molar-refractivity contribution in [1.29, 1.82) is 0 Å². The molecule has 10 heteroatoms. The van der Waals surface area contributed by atoms with Gasteiger partial charge in [0.05, 0.1) is 46.0 Å². The Kier molecular flexibility index (Phi) is 7.42. The molecule has 0 atom stereocenters. The Hall–Kier alpha value is -4.34. The summed E-state index contributed by atoms with van der Waals surface area (Å²) in [5, 5.41) is 13.4. The monoisotopic (exact) mass is 437 g/mol. The number of benzene rings is 2. The van der Waals surface area contributed by atoms with Crippen LogP contribution in [-0.2, 0) is 4.79 Å². The summed E-state index contributed by atoms with van der Waals surface area (Å²) >= 11 is 0. The summed E-state index contributed by atoms with van der Waals surface area (Å²) in [5.74, 6) is 0.0601. The van der Waals surface area contributed by atoms with E-state index in [0.717, 1.165) is 11.3 Å². The van der Waals surface area contributed by atoms with Crippen molar-refractivity contribution >= 4 is 18.0 Å². The average molecular weight is 437 g/mol. The van der Waals surface area contributed by atoms with Gasteiger partial charge in [0.1, 0.15) is 0 Å². The smallest absolute Gasteiger partial charge is 0.259 e. The minimum atomic E-state index is -0.494. The van der Waals surface area contributed by atoms with E-state index in [-0.39, 0.29) is 12.1 Å². The lowest BCUT2D eigenvalue weighted by Crippen LogP contribution is -2.34. The highest BCUT2D eigenvalue weighted by atomic mass is 16.5. The minimum absolute atomic E-state index is 0.252. The Morgan fingerprint density at radius 3 is 2.38 bits per heavy atom. The van der Waals surface area contributed by atoms with Crippen molar-refractivity contribution in [2.45, 2.75) is 0 Å². The lowest BCUT2D eigenvalue weighted by atomic mass is 10.1. The number of hydrogen-bond acceptors (Lipinski definition) is 7. The molecule has 32 heavy (non-hydrogen) atoms. The Morgan fingerprint density at radius 1 is 1.06 bits per heavy atom. The first-order valence-corrected chi connectivity index (χ1v) is 9.56. The number of carbonyl (C=O) groups is 2. The van der Waals surface area contributed by atoms with Crippen molar-refractivity contribution in [2.75, 3.05) is 27.9 Å². The van der Waals surface area contributed by atoms with Crippen LogP contribution in [0.5, 0.6) is 17.2 Å². The van der Waals surface area contributed by atoms with E-state index in [1.54, 1.807) is 6.20 Å². The van der Waals surface area contributed by atoms with Gasteiger partial charge in [-0.05, 0) is 12.1 Å². The molecule has 1 heterocycles. The van der Waals surface area contributed by atoms with E-state index in [1.807, 2.05) is 30.3 Å². The second-order valence-electron chi connectivity index (χ2n) is 6.46. The zero-order valence-electron chi connectivity index (χ0n) is 17.8. The number of carbonyl (C=O) groups excluding carboxylic acids is 2. The number of methoxy groups -OCH3 is 3. The number of H-pyrrole nitrogens is 1. The molecule has 0 fully saturated rings. The molecule has 0 saturated heterocycles. The van der Waals surface area contributed by atoms with Crippen LogP contribution in [0.1, 0.15) is 15.9 Å². The van der Waals surface area contributed by atoms with Crippen LogP contribution in [-0.4, -0.2) is 56.1 Å². The summed E-state index contributed by atoms with van der Waals surface area (Å²) in [5.41, 5.74) is 5.05. The van der Waals surface area contributed by atoms with E-state index in [1.165, 1.54) is 39.7 Å². The average Bonchev–Trinajstić information content (AvgIpc) is 3.30. The quantitative estimate of drug-likeness (QED) is 0.347. The summed E-state index contributed by atoms with van der Waals surface area (Å²) in [6.45, 7) is -0.274. The molecule has 0 bridgehead atoms. The van der Waals surface area contributed by atoms with Gasteiger partial charge < -0.3 is 19.5 Å². The molecular weight excluding hydrogens is 414 g/mol. The highest BCUT2D eigenvalue weighted by Crippen LogP contribution is 2.38. The van der Waals surface area contributed by atoms with Crippen LogP contribution in [0.15, 0.2) is 53.8 Å². The number of nitrogens with one attached hydrogen (secondary N) is 3. The maximum Gasteiger partial charge on any atom is 0.259 e. The summed E-state index contributed by atoms with van der Waals surface area (Å²) in [7, 11) is 4.37. The van der Waals surface area contributed by atoms with Gasteiger partial charge in [-0.1, -0.05) is 30.3 Å². The van der Waals surface area contributed by atoms with Crippen molar-refractivity contribution in [3.8, 4) is 28.5 Å². The molecule has 0 saturated carbocycles. The zero-order valence-corrected chi connectivity index (χ0v) is 17.8. The largest absolute Gasteiger partial charge is 0.493 e. The Balaban J connectivity index is 1.58. The topological polar surface area (TPSA) is 127 Å². The number of hydrazone groups is 1. The van der Waals surface area contributed by atoms with Crippen molar-refractivity contribution in [3.63, 3.8) is 0 Å². The third-order valence-electron chi connectivity index (χ3n) is 4.46. The molecule has 0 aliphatic carbocycles. The zero-order chi connectivity index (χ0) is 22.9. The Labute approximate surface area is 184 Å². The van der Waals surface area contributed by atoms with Gasteiger partial charge in [0.2, 0.25) is 5.75 Å². The van der Waals surface area contributed by atoms with Gasteiger partial charge in [0.25, 0.3) is 11.8 Å². The van der Waals surface area contributed by atoms with E-state index >= 15 is 0 Å². The van der Waals surface area contributed by atoms with Gasteiger partial charge in [-0.2, -0.15) is 10.2 Å². The SMILES string of the molecule is COc1cc(C(=O)NCC(=O)N/N=C\c2cn[nH]c2-c2ccccc2)cc(OC)c1OC. The highest BCUT2D eigenvalue weighted by molar-refractivity contribution is 5.97. The van der Waals surface area contributed by atoms with Crippen molar-refractivity contribution < 1.29 is 23.8 Å². The molecule has 3 rings (SSSR count). The van der Waals surface area contributed by atoms with Gasteiger partial charge in [-0.25, -0.2) is 5.43 Å². The number of aromatic amines is 1. The fraction of sp³-hybridized carbons (Fsp3) is 0.182. The predicted octanol–water partition coefficient (Wildman–Crippen LogP) is 1.98. The molecule has 10 nitrogen and oxygen atoms in total. The molecule has 3 N–H and O–H groups in total. The summed E-state index contributed by atoms with van der Waals surface area (Å²) in [6.07, 6.45) is 3.08. The van der Waals surface area contributed by atoms with Gasteiger partial charge in [-0.15, -0.1) is 0 Å². The molecule has 0 aliphatic rings. The summed E-state index contributed by atoms with van der Waals surface area (Å²) < 4.78 is 15.7. The minimum Gasteiger partial charge on any atom is -0.493 e. The second-order valence-corrected chi connectivity index (χ2v) is 6.46. The van der Waals surface area contributed by atoms with Crippen LogP contribution in [0.25, 0.3) is 11.3 Å². The standard InChI is InChI=1S/C22H23N5O5/c1-30-17-9-15(10-18(31-2)21(17)32-3)22(29)23-13-19(28)26-24-11-16-12-25-27-20(16)14-7-5-4-6-8-14/h4-12H,13H2,1-3H3,(H,23,29)(H,25,27)(H,26,28)/b24-11-. The first-order valence-electron chi connectivity index (χ1n) is 9.56. The Bertz CT molecular complexity index is 1090. The number of nitrogens with zero attached hydrogens (tertiary/aromatic N) is 2. The van der Waals surface area contributed by atoms with Crippen LogP contribution in [0, 0.1) is 0 Å². The van der Waals surface area contributed by atoms with Crippen LogP contribution >= 0.6 is 0 Å². The fourth-order valence-electron chi connectivity index (χ4n) is 2.92. The van der Waals surface area contributed by atoms with Gasteiger partial charge in [-0.3, -0.25) is 14.7 Å². The maximum absolute atomic E-state index is 12.5. The van der Waals surface area contributed by atoms with Crippen LogP contribution in [0.3, 0.4) is 0 Å². The van der Waals surface area contributed by atoms with Gasteiger partial charge in [0.15, 0.2) is 11.5 Å². The molecule has 1 aromatic heterocycles. The molecule has 0 spiro atoms. The van der Waals surface area contributed by atoms with Crippen LogP contribution in [0.4, 0.5) is 0 Å². The first kappa shape index (κ1) is 22.3. The lowest BCUT2D eigenvalue weighted by molar-refractivity contribution is -0.120. The normalized spacial score (nSPS) is 10.6. The van der Waals surface area contributed by atoms with Crippen LogP contribution in [0.2, 0.25) is 0 Å². The third-order valence-corrected chi connectivity index (χ3v) is 4.46. The number of rotatable bonds is 9. The van der Waals surface area contributed by atoms with E-state index in [2.05, 4.69) is 26.0 Å². The fourth-order valence-corrected chi connectivity index (χ4v) is 2.92. The maximum atomic E-state index is 12.5. The van der Waals surface area contributed by atoms with E-state index in [9.17, 15) is 9.59 Å². The van der Waals surface area contributed by atoms with Crippen LogP contribution < -0.4 is 25.0 Å². The molecule has 0 aliphatic heterocycles. The molecule has 0 radical (unpaired) electrons. The summed E-state index contributed by atoms with van der Waals surface area (Å²) in [6, 6.07) is 12.6. The number of amides is 2. The number of ether oxygens (including phenoxy) is 3. The highest BCUT2D eigenvalue weighted by Gasteiger charge is 2.17. The van der Waals surface area contributed by atoms with Crippen molar-refractivity contribution in [3.05, 3.63) is 59.8 Å². The number of hydrogen-bond donors (Lipinski definition) is 3. The molecule has 166 valence electrons. The molecule has 0 unspecified atom stereocenters. The molecule has 2 amide bonds. The number of aromatic nitrogens is 2. The third kappa shape index (κ3) is 5.22. The predicted molar refractivity (Wildman–Crippen MR) is 118 cm³/mol. The van der Waals surface area contributed by atoms with Crippen molar-refractivity contribution in [1.82, 2.24) is 20.9 Å². The molecule has 3 aromatic rings. The van der Waals surface area contributed by atoms with Gasteiger partial charge >= 0.3 is 0 Å². The first-order chi connectivity index (χ1) is 15.6. The van der Waals surface area contributed by atoms with E-state index in [0.29, 0.717) is 22.8 Å². The Morgan fingerprint density at radius 2 is 1.75 bits per heavy atom. The van der Waals surface area contributed by atoms with Crippen molar-refractivity contribution in [2.24, 2.45) is 5.10 Å². The molecular formula is C22H23N5O5.